The highest BCUT2D eigenvalue weighted by molar-refractivity contribution is 5.33. The van der Waals surface area contributed by atoms with E-state index >= 15 is 0 Å². The fraction of sp³-hybridized carbons (Fsp3) is 0.385. The van der Waals surface area contributed by atoms with Gasteiger partial charge in [0, 0.05) is 5.92 Å². The Morgan fingerprint density at radius 3 is 2.57 bits per heavy atom. The molecule has 0 bridgehead atoms. The molecule has 0 saturated heterocycles. The highest BCUT2D eigenvalue weighted by Gasteiger charge is 2.13. The van der Waals surface area contributed by atoms with Gasteiger partial charge < -0.3 is 5.11 Å². The minimum Gasteiger partial charge on any atom is -0.508 e. The molecule has 2 atom stereocenters. The van der Waals surface area contributed by atoms with Crippen molar-refractivity contribution < 1.29 is 5.11 Å². The number of rotatable bonds is 1. The maximum absolute atomic E-state index is 9.20. The molecule has 2 unspecified atom stereocenters. The van der Waals surface area contributed by atoms with Crippen LogP contribution in [0.2, 0.25) is 0 Å². The summed E-state index contributed by atoms with van der Waals surface area (Å²) in [5, 5.41) is 9.20. The summed E-state index contributed by atoms with van der Waals surface area (Å²) in [6.07, 6.45) is 14.6. The lowest BCUT2D eigenvalue weighted by Crippen LogP contribution is -2.05. The smallest absolute Gasteiger partial charge is 0.111 e. The lowest BCUT2D eigenvalue weighted by molar-refractivity contribution is 0.423. The van der Waals surface area contributed by atoms with Crippen molar-refractivity contribution in [1.29, 1.82) is 0 Å². The van der Waals surface area contributed by atoms with Crippen molar-refractivity contribution in [3.8, 4) is 0 Å². The molecule has 2 aliphatic carbocycles. The standard InChI is InChI=1S/C13H16O/c1-10-2-4-11(5-3-10)12-6-8-13(14)9-7-12/h2,4-6,8-10,12,14H,3,7H2,1H3. The van der Waals surface area contributed by atoms with E-state index in [0.29, 0.717) is 17.6 Å². The van der Waals surface area contributed by atoms with Crippen LogP contribution in [-0.2, 0) is 0 Å². The van der Waals surface area contributed by atoms with E-state index in [-0.39, 0.29) is 0 Å². The largest absolute Gasteiger partial charge is 0.508 e. The first kappa shape index (κ1) is 9.32. The van der Waals surface area contributed by atoms with Crippen LogP contribution in [0.5, 0.6) is 0 Å². The molecule has 74 valence electrons. The van der Waals surface area contributed by atoms with Gasteiger partial charge in [0.25, 0.3) is 0 Å². The van der Waals surface area contributed by atoms with Gasteiger partial charge in [0.2, 0.25) is 0 Å². The quantitative estimate of drug-likeness (QED) is 0.667. The van der Waals surface area contributed by atoms with Crippen LogP contribution in [0.15, 0.2) is 47.8 Å². The molecule has 0 amide bonds. The van der Waals surface area contributed by atoms with Crippen molar-refractivity contribution in [3.63, 3.8) is 0 Å². The number of aliphatic hydroxyl groups is 1. The van der Waals surface area contributed by atoms with Crippen LogP contribution in [0.1, 0.15) is 19.8 Å². The lowest BCUT2D eigenvalue weighted by Gasteiger charge is -2.19. The van der Waals surface area contributed by atoms with Gasteiger partial charge in [0.1, 0.15) is 5.76 Å². The van der Waals surface area contributed by atoms with E-state index in [0.717, 1.165) is 12.8 Å². The maximum Gasteiger partial charge on any atom is 0.111 e. The zero-order valence-electron chi connectivity index (χ0n) is 8.48. The minimum atomic E-state index is 0.398. The van der Waals surface area contributed by atoms with Gasteiger partial charge in [-0.25, -0.2) is 0 Å². The van der Waals surface area contributed by atoms with Crippen molar-refractivity contribution in [2.45, 2.75) is 19.8 Å². The molecule has 0 saturated carbocycles. The van der Waals surface area contributed by atoms with Gasteiger partial charge >= 0.3 is 0 Å². The lowest BCUT2D eigenvalue weighted by atomic mass is 9.86. The number of allylic oxidation sites excluding steroid dienone is 7. The van der Waals surface area contributed by atoms with Crippen LogP contribution >= 0.6 is 0 Å². The molecule has 0 radical (unpaired) electrons. The monoisotopic (exact) mass is 188 g/mol. The highest BCUT2D eigenvalue weighted by Crippen LogP contribution is 2.27. The fourth-order valence-corrected chi connectivity index (χ4v) is 1.88. The van der Waals surface area contributed by atoms with Crippen LogP contribution in [-0.4, -0.2) is 5.11 Å². The molecule has 0 heterocycles. The molecule has 0 aromatic carbocycles. The van der Waals surface area contributed by atoms with E-state index < -0.39 is 0 Å². The van der Waals surface area contributed by atoms with Gasteiger partial charge in [0.15, 0.2) is 0 Å². The highest BCUT2D eigenvalue weighted by atomic mass is 16.3. The van der Waals surface area contributed by atoms with E-state index in [1.54, 1.807) is 6.08 Å². The first-order valence-electron chi connectivity index (χ1n) is 5.21. The Labute approximate surface area is 85.1 Å². The number of aliphatic hydroxyl groups excluding tert-OH is 1. The average molecular weight is 188 g/mol. The maximum atomic E-state index is 9.20. The minimum absolute atomic E-state index is 0.398. The summed E-state index contributed by atoms with van der Waals surface area (Å²) in [7, 11) is 0. The summed E-state index contributed by atoms with van der Waals surface area (Å²) < 4.78 is 0. The first-order valence-corrected chi connectivity index (χ1v) is 5.21. The van der Waals surface area contributed by atoms with Gasteiger partial charge in [-0.15, -0.1) is 0 Å². The van der Waals surface area contributed by atoms with Gasteiger partial charge in [-0.2, -0.15) is 0 Å². The van der Waals surface area contributed by atoms with E-state index in [9.17, 15) is 5.11 Å². The third kappa shape index (κ3) is 1.98. The Bertz CT molecular complexity index is 331. The van der Waals surface area contributed by atoms with E-state index in [1.807, 2.05) is 6.08 Å². The Morgan fingerprint density at radius 1 is 1.14 bits per heavy atom. The molecule has 2 aliphatic rings. The van der Waals surface area contributed by atoms with E-state index in [1.165, 1.54) is 5.57 Å². The van der Waals surface area contributed by atoms with Crippen LogP contribution in [0.25, 0.3) is 0 Å². The summed E-state index contributed by atoms with van der Waals surface area (Å²) in [4.78, 5) is 0. The molecule has 1 heteroatoms. The van der Waals surface area contributed by atoms with Crippen molar-refractivity contribution in [3.05, 3.63) is 47.8 Å². The van der Waals surface area contributed by atoms with Gasteiger partial charge in [-0.3, -0.25) is 0 Å². The second-order valence-electron chi connectivity index (χ2n) is 4.11. The molecule has 1 N–H and O–H groups in total. The third-order valence-corrected chi connectivity index (χ3v) is 2.85. The normalized spacial score (nSPS) is 31.2. The Balaban J connectivity index is 2.05. The van der Waals surface area contributed by atoms with Crippen molar-refractivity contribution in [1.82, 2.24) is 0 Å². The SMILES string of the molecule is CC1C=CC(C2C=CC(O)=CC2)=CC1. The number of hydrogen-bond donors (Lipinski definition) is 1. The summed E-state index contributed by atoms with van der Waals surface area (Å²) in [5.41, 5.74) is 1.39. The fourth-order valence-electron chi connectivity index (χ4n) is 1.88. The zero-order valence-corrected chi connectivity index (χ0v) is 8.48. The summed E-state index contributed by atoms with van der Waals surface area (Å²) >= 11 is 0. The summed E-state index contributed by atoms with van der Waals surface area (Å²) in [6, 6.07) is 0. The second kappa shape index (κ2) is 3.87. The topological polar surface area (TPSA) is 20.2 Å². The van der Waals surface area contributed by atoms with Gasteiger partial charge in [-0.1, -0.05) is 31.2 Å². The Kier molecular flexibility index (Phi) is 2.58. The number of hydrogen-bond acceptors (Lipinski definition) is 1. The summed E-state index contributed by atoms with van der Waals surface area (Å²) in [5.74, 6) is 1.54. The molecule has 0 aromatic heterocycles. The van der Waals surface area contributed by atoms with Crippen molar-refractivity contribution in [2.75, 3.05) is 0 Å². The Hall–Kier alpha value is -1.24. The van der Waals surface area contributed by atoms with Crippen LogP contribution < -0.4 is 0 Å². The Morgan fingerprint density at radius 2 is 2.00 bits per heavy atom. The van der Waals surface area contributed by atoms with Crippen LogP contribution in [0, 0.1) is 11.8 Å². The molecule has 14 heavy (non-hydrogen) atoms. The third-order valence-electron chi connectivity index (χ3n) is 2.85. The molecule has 1 nitrogen and oxygen atoms in total. The predicted molar refractivity (Wildman–Crippen MR) is 59.0 cm³/mol. The molecule has 0 fully saturated rings. The molecule has 0 spiro atoms. The molecular weight excluding hydrogens is 172 g/mol. The van der Waals surface area contributed by atoms with Crippen molar-refractivity contribution >= 4 is 0 Å². The van der Waals surface area contributed by atoms with Crippen molar-refractivity contribution in [2.24, 2.45) is 11.8 Å². The average Bonchev–Trinajstić information content (AvgIpc) is 2.21. The summed E-state index contributed by atoms with van der Waals surface area (Å²) in [6.45, 7) is 2.23. The predicted octanol–water partition coefficient (Wildman–Crippen LogP) is 3.53. The second-order valence-corrected chi connectivity index (χ2v) is 4.11. The van der Waals surface area contributed by atoms with Crippen LogP contribution in [0.4, 0.5) is 0 Å². The van der Waals surface area contributed by atoms with Gasteiger partial charge in [-0.05, 0) is 36.5 Å². The van der Waals surface area contributed by atoms with E-state index in [2.05, 4.69) is 31.2 Å². The molecule has 2 rings (SSSR count). The van der Waals surface area contributed by atoms with Crippen LogP contribution in [0.3, 0.4) is 0 Å². The zero-order chi connectivity index (χ0) is 9.97. The van der Waals surface area contributed by atoms with E-state index in [4.69, 9.17) is 0 Å². The first-order chi connectivity index (χ1) is 6.75. The van der Waals surface area contributed by atoms with Gasteiger partial charge in [0.05, 0.1) is 0 Å². The molecule has 0 aromatic rings. The molecule has 0 aliphatic heterocycles. The molecular formula is C13H16O.